The van der Waals surface area contributed by atoms with Crippen molar-refractivity contribution in [2.75, 3.05) is 0 Å². The van der Waals surface area contributed by atoms with Crippen molar-refractivity contribution in [1.82, 2.24) is 0 Å². The van der Waals surface area contributed by atoms with Gasteiger partial charge in [0.05, 0.1) is 0 Å². The fraction of sp³-hybridized carbons (Fsp3) is 0.381. The highest BCUT2D eigenvalue weighted by Gasteiger charge is 2.26. The van der Waals surface area contributed by atoms with E-state index in [-0.39, 0.29) is 11.2 Å². The monoisotopic (exact) mass is 294 g/mol. The molecule has 0 aliphatic heterocycles. The fourth-order valence-electron chi connectivity index (χ4n) is 3.18. The predicted molar refractivity (Wildman–Crippen MR) is 94.7 cm³/mol. The van der Waals surface area contributed by atoms with E-state index in [4.69, 9.17) is 0 Å². The van der Waals surface area contributed by atoms with Gasteiger partial charge >= 0.3 is 0 Å². The quantitative estimate of drug-likeness (QED) is 0.655. The van der Waals surface area contributed by atoms with Gasteiger partial charge in [-0.05, 0) is 67.4 Å². The number of carbonyl (C=O) groups is 1. The van der Waals surface area contributed by atoms with Gasteiger partial charge in [0.2, 0.25) is 0 Å². The molecule has 1 heteroatoms. The lowest BCUT2D eigenvalue weighted by Gasteiger charge is -2.32. The van der Waals surface area contributed by atoms with E-state index in [9.17, 15) is 4.79 Å². The molecule has 1 aliphatic carbocycles. The van der Waals surface area contributed by atoms with Crippen molar-refractivity contribution >= 4 is 11.9 Å². The Hall–Kier alpha value is -1.89. The smallest absolute Gasteiger partial charge is 0.178 e. The Kier molecular flexibility index (Phi) is 5.18. The first kappa shape index (κ1) is 16.5. The molecule has 1 aromatic rings. The number of ketones is 1. The van der Waals surface area contributed by atoms with Gasteiger partial charge in [-0.25, -0.2) is 0 Å². The van der Waals surface area contributed by atoms with Crippen molar-refractivity contribution in [2.45, 2.75) is 47.0 Å². The van der Waals surface area contributed by atoms with Crippen LogP contribution in [0.2, 0.25) is 0 Å². The zero-order chi connectivity index (χ0) is 16.2. The third-order valence-corrected chi connectivity index (χ3v) is 4.57. The molecule has 0 saturated carbocycles. The average molecular weight is 294 g/mol. The molecule has 0 aromatic heterocycles. The molecule has 2 rings (SSSR count). The van der Waals surface area contributed by atoms with Crippen LogP contribution in [0.25, 0.3) is 6.08 Å². The second kappa shape index (κ2) is 6.91. The number of hydrogen-bond donors (Lipinski definition) is 0. The summed E-state index contributed by atoms with van der Waals surface area (Å²) in [6.45, 7) is 8.78. The summed E-state index contributed by atoms with van der Waals surface area (Å²) in [6.07, 6.45) is 10.9. The summed E-state index contributed by atoms with van der Waals surface area (Å²) in [5.41, 5.74) is 5.21. The molecule has 0 heterocycles. The largest absolute Gasteiger partial charge is 0.290 e. The summed E-state index contributed by atoms with van der Waals surface area (Å²) < 4.78 is 0. The van der Waals surface area contributed by atoms with Gasteiger partial charge in [0.15, 0.2) is 5.78 Å². The van der Waals surface area contributed by atoms with E-state index in [1.165, 1.54) is 29.6 Å². The van der Waals surface area contributed by atoms with Gasteiger partial charge in [-0.2, -0.15) is 0 Å². The number of aryl methyl sites for hydroxylation is 1. The Morgan fingerprint density at radius 3 is 2.45 bits per heavy atom. The maximum Gasteiger partial charge on any atom is 0.178 e. The van der Waals surface area contributed by atoms with E-state index >= 15 is 0 Å². The first-order valence-electron chi connectivity index (χ1n) is 8.06. The SMILES string of the molecule is CC1=C(/C=C/C(=O)/C=C/c2ccccc2C)C(C)(C)CCC1. The van der Waals surface area contributed by atoms with Gasteiger partial charge in [0.1, 0.15) is 0 Å². The summed E-state index contributed by atoms with van der Waals surface area (Å²) in [4.78, 5) is 12.1. The third kappa shape index (κ3) is 4.07. The minimum Gasteiger partial charge on any atom is -0.290 e. The molecule has 1 nitrogen and oxygen atoms in total. The van der Waals surface area contributed by atoms with Crippen LogP contribution in [0.15, 0.2) is 53.6 Å². The first-order chi connectivity index (χ1) is 10.4. The van der Waals surface area contributed by atoms with Crippen molar-refractivity contribution < 1.29 is 4.79 Å². The van der Waals surface area contributed by atoms with Crippen LogP contribution < -0.4 is 0 Å². The molecule has 0 saturated heterocycles. The van der Waals surface area contributed by atoms with E-state index in [2.05, 4.69) is 33.8 Å². The van der Waals surface area contributed by atoms with E-state index in [0.717, 1.165) is 12.0 Å². The lowest BCUT2D eigenvalue weighted by atomic mass is 9.72. The summed E-state index contributed by atoms with van der Waals surface area (Å²) in [6, 6.07) is 8.08. The molecule has 0 unspecified atom stereocenters. The van der Waals surface area contributed by atoms with Crippen LogP contribution >= 0.6 is 0 Å². The molecule has 1 aliphatic rings. The molecule has 0 radical (unpaired) electrons. The Balaban J connectivity index is 2.10. The summed E-state index contributed by atoms with van der Waals surface area (Å²) >= 11 is 0. The molecule has 0 bridgehead atoms. The Bertz CT molecular complexity index is 642. The molecule has 1 aromatic carbocycles. The molecular weight excluding hydrogens is 268 g/mol. The van der Waals surface area contributed by atoms with Crippen molar-refractivity contribution in [3.8, 4) is 0 Å². The van der Waals surface area contributed by atoms with Crippen molar-refractivity contribution in [1.29, 1.82) is 0 Å². The van der Waals surface area contributed by atoms with Crippen LogP contribution in [-0.4, -0.2) is 5.78 Å². The van der Waals surface area contributed by atoms with Crippen LogP contribution in [0.4, 0.5) is 0 Å². The summed E-state index contributed by atoms with van der Waals surface area (Å²) in [7, 11) is 0. The third-order valence-electron chi connectivity index (χ3n) is 4.57. The zero-order valence-electron chi connectivity index (χ0n) is 14.1. The number of rotatable bonds is 4. The fourth-order valence-corrected chi connectivity index (χ4v) is 3.18. The normalized spacial score (nSPS) is 18.4. The number of hydrogen-bond acceptors (Lipinski definition) is 1. The van der Waals surface area contributed by atoms with Crippen LogP contribution in [0.1, 0.15) is 51.2 Å². The molecule has 0 atom stereocenters. The Labute approximate surface area is 134 Å². The highest BCUT2D eigenvalue weighted by Crippen LogP contribution is 2.40. The van der Waals surface area contributed by atoms with Gasteiger partial charge in [0.25, 0.3) is 0 Å². The molecular formula is C21H26O. The average Bonchev–Trinajstić information content (AvgIpc) is 2.45. The van der Waals surface area contributed by atoms with Crippen LogP contribution in [0.3, 0.4) is 0 Å². The van der Waals surface area contributed by atoms with E-state index in [0.29, 0.717) is 0 Å². The van der Waals surface area contributed by atoms with Gasteiger partial charge in [-0.3, -0.25) is 4.79 Å². The number of allylic oxidation sites excluding steroid dienone is 5. The Morgan fingerprint density at radius 1 is 1.09 bits per heavy atom. The zero-order valence-corrected chi connectivity index (χ0v) is 14.1. The van der Waals surface area contributed by atoms with E-state index < -0.39 is 0 Å². The van der Waals surface area contributed by atoms with Gasteiger partial charge in [-0.15, -0.1) is 0 Å². The summed E-state index contributed by atoms with van der Waals surface area (Å²) in [5, 5.41) is 0. The lowest BCUT2D eigenvalue weighted by Crippen LogP contribution is -2.19. The summed E-state index contributed by atoms with van der Waals surface area (Å²) in [5.74, 6) is 0.0462. The van der Waals surface area contributed by atoms with Gasteiger partial charge in [-0.1, -0.05) is 55.8 Å². The molecule has 0 spiro atoms. The van der Waals surface area contributed by atoms with Crippen LogP contribution in [0, 0.1) is 12.3 Å². The Morgan fingerprint density at radius 2 is 1.77 bits per heavy atom. The highest BCUT2D eigenvalue weighted by atomic mass is 16.1. The minimum atomic E-state index is 0.0462. The van der Waals surface area contributed by atoms with Gasteiger partial charge < -0.3 is 0 Å². The van der Waals surface area contributed by atoms with E-state index in [1.54, 1.807) is 12.2 Å². The van der Waals surface area contributed by atoms with Gasteiger partial charge in [0, 0.05) is 0 Å². The molecule has 0 N–H and O–H groups in total. The minimum absolute atomic E-state index is 0.0462. The number of benzene rings is 1. The number of carbonyl (C=O) groups excluding carboxylic acids is 1. The van der Waals surface area contributed by atoms with Crippen molar-refractivity contribution in [2.24, 2.45) is 5.41 Å². The highest BCUT2D eigenvalue weighted by molar-refractivity contribution is 6.02. The van der Waals surface area contributed by atoms with Crippen LogP contribution in [-0.2, 0) is 4.79 Å². The molecule has 22 heavy (non-hydrogen) atoms. The second-order valence-electron chi connectivity index (χ2n) is 6.86. The van der Waals surface area contributed by atoms with Crippen LogP contribution in [0.5, 0.6) is 0 Å². The van der Waals surface area contributed by atoms with Crippen molar-refractivity contribution in [3.05, 3.63) is 64.8 Å². The first-order valence-corrected chi connectivity index (χ1v) is 8.06. The molecule has 0 fully saturated rings. The van der Waals surface area contributed by atoms with Crippen molar-refractivity contribution in [3.63, 3.8) is 0 Å². The maximum absolute atomic E-state index is 12.1. The molecule has 116 valence electrons. The topological polar surface area (TPSA) is 17.1 Å². The van der Waals surface area contributed by atoms with E-state index in [1.807, 2.05) is 30.4 Å². The predicted octanol–water partition coefficient (Wildman–Crippen LogP) is 5.66. The lowest BCUT2D eigenvalue weighted by molar-refractivity contribution is -0.110. The standard InChI is InChI=1S/C21H26O/c1-16-8-5-6-10-18(16)11-12-19(22)13-14-20-17(2)9-7-15-21(20,3)4/h5-6,8,10-14H,7,9,15H2,1-4H3/b12-11+,14-13+. The maximum atomic E-state index is 12.1. The second-order valence-corrected chi connectivity index (χ2v) is 6.86. The molecule has 0 amide bonds.